The molecule has 0 saturated carbocycles. The van der Waals surface area contributed by atoms with E-state index in [-0.39, 0.29) is 6.54 Å². The summed E-state index contributed by atoms with van der Waals surface area (Å²) in [5.41, 5.74) is 1.15. The van der Waals surface area contributed by atoms with Crippen molar-refractivity contribution in [1.82, 2.24) is 5.32 Å². The number of nitrogens with one attached hydrogen (secondary N) is 1. The smallest absolute Gasteiger partial charge is 0.334 e. The van der Waals surface area contributed by atoms with E-state index in [1.165, 1.54) is 6.07 Å². The number of carboxylic acids is 1. The molecule has 0 aromatic heterocycles. The van der Waals surface area contributed by atoms with Crippen molar-refractivity contribution in [2.45, 2.75) is 13.0 Å². The second-order valence-corrected chi connectivity index (χ2v) is 4.02. The fourth-order valence-corrected chi connectivity index (χ4v) is 1.54. The van der Waals surface area contributed by atoms with Crippen LogP contribution in [0.2, 0.25) is 5.02 Å². The van der Waals surface area contributed by atoms with E-state index in [4.69, 9.17) is 21.8 Å². The predicted molar refractivity (Wildman–Crippen MR) is 62.2 cm³/mol. The molecule has 0 spiro atoms. The summed E-state index contributed by atoms with van der Waals surface area (Å²) in [5.74, 6) is -1.86. The largest absolute Gasteiger partial charge is 0.479 e. The topological polar surface area (TPSA) is 86.6 Å². The van der Waals surface area contributed by atoms with Crippen LogP contribution in [0.15, 0.2) is 18.2 Å². The van der Waals surface area contributed by atoms with E-state index >= 15 is 0 Å². The van der Waals surface area contributed by atoms with Gasteiger partial charge in [0.1, 0.15) is 0 Å². The lowest BCUT2D eigenvalue weighted by Gasteiger charge is -2.08. The van der Waals surface area contributed by atoms with Crippen molar-refractivity contribution in [3.8, 4) is 0 Å². The second-order valence-electron chi connectivity index (χ2n) is 3.58. The number of rotatable bonds is 4. The number of benzene rings is 1. The molecule has 3 N–H and O–H groups in total. The summed E-state index contributed by atoms with van der Waals surface area (Å²) in [4.78, 5) is 21.9. The number of amides is 1. The Morgan fingerprint density at radius 3 is 2.59 bits per heavy atom. The van der Waals surface area contributed by atoms with Gasteiger partial charge in [-0.15, -0.1) is 0 Å². The Morgan fingerprint density at radius 2 is 2.06 bits per heavy atom. The van der Waals surface area contributed by atoms with Crippen molar-refractivity contribution in [2.24, 2.45) is 0 Å². The SMILES string of the molecule is Cc1cc(Cl)cc(C(=O)NCC(O)C(=O)O)c1. The molecule has 6 heteroatoms. The molecule has 1 aromatic carbocycles. The highest BCUT2D eigenvalue weighted by molar-refractivity contribution is 6.31. The molecule has 1 aromatic rings. The van der Waals surface area contributed by atoms with Crippen LogP contribution in [0.3, 0.4) is 0 Å². The number of aliphatic hydroxyl groups is 1. The molecule has 0 radical (unpaired) electrons. The highest BCUT2D eigenvalue weighted by Gasteiger charge is 2.15. The molecular formula is C11H12ClNO4. The van der Waals surface area contributed by atoms with E-state index in [2.05, 4.69) is 5.32 Å². The van der Waals surface area contributed by atoms with E-state index in [0.29, 0.717) is 10.6 Å². The highest BCUT2D eigenvalue weighted by atomic mass is 35.5. The Balaban J connectivity index is 2.67. The molecule has 0 heterocycles. The molecule has 0 fully saturated rings. The molecule has 0 bridgehead atoms. The zero-order valence-electron chi connectivity index (χ0n) is 9.11. The maximum absolute atomic E-state index is 11.6. The minimum absolute atomic E-state index is 0.326. The first-order chi connectivity index (χ1) is 7.90. The van der Waals surface area contributed by atoms with Gasteiger partial charge < -0.3 is 15.5 Å². The van der Waals surface area contributed by atoms with Crippen LogP contribution in [0.5, 0.6) is 0 Å². The Hall–Kier alpha value is -1.59. The van der Waals surface area contributed by atoms with E-state index in [1.807, 2.05) is 0 Å². The van der Waals surface area contributed by atoms with Crippen LogP contribution >= 0.6 is 11.6 Å². The number of hydrogen-bond acceptors (Lipinski definition) is 3. The molecule has 92 valence electrons. The minimum atomic E-state index is -1.61. The Labute approximate surface area is 103 Å². The van der Waals surface area contributed by atoms with Gasteiger partial charge in [0.15, 0.2) is 6.10 Å². The van der Waals surface area contributed by atoms with Crippen LogP contribution in [0.25, 0.3) is 0 Å². The number of aliphatic carboxylic acids is 1. The van der Waals surface area contributed by atoms with Crippen molar-refractivity contribution in [3.63, 3.8) is 0 Å². The van der Waals surface area contributed by atoms with Gasteiger partial charge in [0, 0.05) is 10.6 Å². The van der Waals surface area contributed by atoms with E-state index in [9.17, 15) is 9.59 Å². The first-order valence-corrected chi connectivity index (χ1v) is 5.24. The van der Waals surface area contributed by atoms with Crippen molar-refractivity contribution in [3.05, 3.63) is 34.3 Å². The van der Waals surface area contributed by atoms with Crippen LogP contribution in [0.4, 0.5) is 0 Å². The molecule has 0 saturated heterocycles. The van der Waals surface area contributed by atoms with Gasteiger partial charge in [0.25, 0.3) is 5.91 Å². The van der Waals surface area contributed by atoms with Crippen LogP contribution < -0.4 is 5.32 Å². The average Bonchev–Trinajstić information content (AvgIpc) is 2.23. The van der Waals surface area contributed by atoms with Gasteiger partial charge in [-0.05, 0) is 30.7 Å². The number of carbonyl (C=O) groups is 2. The maximum atomic E-state index is 11.6. The predicted octanol–water partition coefficient (Wildman–Crippen LogP) is 0.824. The molecule has 1 unspecified atom stereocenters. The molecule has 5 nitrogen and oxygen atoms in total. The maximum Gasteiger partial charge on any atom is 0.334 e. The third kappa shape index (κ3) is 4.05. The molecule has 1 atom stereocenters. The lowest BCUT2D eigenvalue weighted by Crippen LogP contribution is -2.36. The average molecular weight is 258 g/mol. The van der Waals surface area contributed by atoms with Crippen molar-refractivity contribution >= 4 is 23.5 Å². The third-order valence-corrected chi connectivity index (χ3v) is 2.26. The summed E-state index contributed by atoms with van der Waals surface area (Å²) in [6.07, 6.45) is -1.61. The van der Waals surface area contributed by atoms with Crippen molar-refractivity contribution in [1.29, 1.82) is 0 Å². The fraction of sp³-hybridized carbons (Fsp3) is 0.273. The van der Waals surface area contributed by atoms with Gasteiger partial charge >= 0.3 is 5.97 Å². The summed E-state index contributed by atoms with van der Waals surface area (Å²) in [5, 5.41) is 20.2. The molecular weight excluding hydrogens is 246 g/mol. The normalized spacial score (nSPS) is 11.9. The lowest BCUT2D eigenvalue weighted by molar-refractivity contribution is -0.146. The molecule has 0 aliphatic rings. The highest BCUT2D eigenvalue weighted by Crippen LogP contribution is 2.14. The third-order valence-electron chi connectivity index (χ3n) is 2.05. The first-order valence-electron chi connectivity index (χ1n) is 4.86. The minimum Gasteiger partial charge on any atom is -0.479 e. The Kier molecular flexibility index (Phi) is 4.48. The van der Waals surface area contributed by atoms with E-state index < -0.39 is 18.0 Å². The van der Waals surface area contributed by atoms with Crippen LogP contribution in [-0.4, -0.2) is 34.7 Å². The molecule has 0 aliphatic heterocycles. The quantitative estimate of drug-likeness (QED) is 0.745. The number of halogens is 1. The van der Waals surface area contributed by atoms with Gasteiger partial charge in [-0.3, -0.25) is 4.79 Å². The number of aryl methyl sites for hydroxylation is 1. The number of hydrogen-bond donors (Lipinski definition) is 3. The molecule has 0 aliphatic carbocycles. The van der Waals surface area contributed by atoms with Gasteiger partial charge in [-0.1, -0.05) is 11.6 Å². The van der Waals surface area contributed by atoms with E-state index in [1.54, 1.807) is 19.1 Å². The van der Waals surface area contributed by atoms with Crippen molar-refractivity contribution < 1.29 is 19.8 Å². The van der Waals surface area contributed by atoms with Crippen LogP contribution in [-0.2, 0) is 4.79 Å². The molecule has 1 rings (SSSR count). The fourth-order valence-electron chi connectivity index (χ4n) is 1.25. The molecule has 1 amide bonds. The second kappa shape index (κ2) is 5.65. The lowest BCUT2D eigenvalue weighted by atomic mass is 10.1. The zero-order valence-corrected chi connectivity index (χ0v) is 9.86. The van der Waals surface area contributed by atoms with Crippen LogP contribution in [0.1, 0.15) is 15.9 Å². The Bertz CT molecular complexity index is 427. The monoisotopic (exact) mass is 257 g/mol. The summed E-state index contributed by atoms with van der Waals surface area (Å²) < 4.78 is 0. The number of carboxylic acid groups (broad SMARTS) is 1. The van der Waals surface area contributed by atoms with Gasteiger partial charge in [0.05, 0.1) is 6.54 Å². The summed E-state index contributed by atoms with van der Waals surface area (Å²) in [7, 11) is 0. The van der Waals surface area contributed by atoms with Gasteiger partial charge in [-0.2, -0.15) is 0 Å². The Morgan fingerprint density at radius 1 is 1.41 bits per heavy atom. The molecule has 17 heavy (non-hydrogen) atoms. The van der Waals surface area contributed by atoms with Gasteiger partial charge in [0.2, 0.25) is 0 Å². The van der Waals surface area contributed by atoms with Gasteiger partial charge in [-0.25, -0.2) is 4.79 Å². The summed E-state index contributed by atoms with van der Waals surface area (Å²) >= 11 is 5.78. The summed E-state index contributed by atoms with van der Waals surface area (Å²) in [6, 6.07) is 4.79. The number of carbonyl (C=O) groups excluding carboxylic acids is 1. The van der Waals surface area contributed by atoms with Crippen molar-refractivity contribution in [2.75, 3.05) is 6.54 Å². The first kappa shape index (κ1) is 13.5. The summed E-state index contributed by atoms with van der Waals surface area (Å²) in [6.45, 7) is 1.44. The van der Waals surface area contributed by atoms with E-state index in [0.717, 1.165) is 5.56 Å². The van der Waals surface area contributed by atoms with Crippen LogP contribution in [0, 0.1) is 6.92 Å². The zero-order chi connectivity index (χ0) is 13.0. The standard InChI is InChI=1S/C11H12ClNO4/c1-6-2-7(4-8(12)3-6)10(15)13-5-9(14)11(16)17/h2-4,9,14H,5H2,1H3,(H,13,15)(H,16,17). The number of aliphatic hydroxyl groups excluding tert-OH is 1.